The topological polar surface area (TPSA) is 48.7 Å². The van der Waals surface area contributed by atoms with Gasteiger partial charge in [-0.15, -0.1) is 0 Å². The van der Waals surface area contributed by atoms with E-state index >= 15 is 0 Å². The van der Waals surface area contributed by atoms with Crippen LogP contribution in [0, 0.1) is 0 Å². The van der Waals surface area contributed by atoms with Gasteiger partial charge in [0.1, 0.15) is 23.9 Å². The van der Waals surface area contributed by atoms with Gasteiger partial charge in [0.15, 0.2) is 5.76 Å². The highest BCUT2D eigenvalue weighted by molar-refractivity contribution is 6.14. The Kier molecular flexibility index (Phi) is 4.15. The van der Waals surface area contributed by atoms with Crippen molar-refractivity contribution in [3.8, 4) is 11.5 Å². The Morgan fingerprint density at radius 1 is 1.08 bits per heavy atom. The number of hydrogen-bond donors (Lipinski definition) is 0. The summed E-state index contributed by atoms with van der Waals surface area (Å²) in [7, 11) is 0. The van der Waals surface area contributed by atoms with Crippen LogP contribution in [0.1, 0.15) is 27.2 Å². The molecule has 0 amide bonds. The second-order valence-electron chi connectivity index (χ2n) is 5.85. The third kappa shape index (κ3) is 3.17. The molecule has 1 aliphatic rings. The fourth-order valence-electron chi connectivity index (χ4n) is 2.68. The Labute approximate surface area is 151 Å². The van der Waals surface area contributed by atoms with E-state index in [1.807, 2.05) is 24.3 Å². The average Bonchev–Trinajstić information content (AvgIpc) is 3.29. The van der Waals surface area contributed by atoms with E-state index in [-0.39, 0.29) is 11.5 Å². The van der Waals surface area contributed by atoms with Gasteiger partial charge in [0.25, 0.3) is 0 Å². The molecule has 4 nitrogen and oxygen atoms in total. The fourth-order valence-corrected chi connectivity index (χ4v) is 2.68. The Morgan fingerprint density at radius 2 is 1.92 bits per heavy atom. The molecule has 0 unspecified atom stereocenters. The highest BCUT2D eigenvalue weighted by atomic mass is 16.5. The van der Waals surface area contributed by atoms with Crippen LogP contribution < -0.4 is 9.47 Å². The van der Waals surface area contributed by atoms with E-state index in [1.165, 1.54) is 0 Å². The molecule has 0 radical (unpaired) electrons. The van der Waals surface area contributed by atoms with Crippen molar-refractivity contribution < 1.29 is 18.7 Å². The monoisotopic (exact) mass is 344 g/mol. The third-order valence-electron chi connectivity index (χ3n) is 4.08. The molecule has 2 aromatic carbocycles. The van der Waals surface area contributed by atoms with Crippen LogP contribution in [0.25, 0.3) is 12.2 Å². The third-order valence-corrected chi connectivity index (χ3v) is 4.08. The number of ketones is 1. The Balaban J connectivity index is 1.48. The maximum absolute atomic E-state index is 12.4. The van der Waals surface area contributed by atoms with E-state index < -0.39 is 0 Å². The van der Waals surface area contributed by atoms with Gasteiger partial charge in [-0.25, -0.2) is 0 Å². The van der Waals surface area contributed by atoms with Gasteiger partial charge in [0.2, 0.25) is 5.78 Å². The number of ether oxygens (including phenoxy) is 2. The van der Waals surface area contributed by atoms with Crippen molar-refractivity contribution >= 4 is 17.9 Å². The normalized spacial score (nSPS) is 14.2. The molecule has 1 aromatic heterocycles. The van der Waals surface area contributed by atoms with Crippen LogP contribution in [0.3, 0.4) is 0 Å². The lowest BCUT2D eigenvalue weighted by molar-refractivity contribution is 0.101. The molecule has 0 aliphatic carbocycles. The maximum Gasteiger partial charge on any atom is 0.232 e. The number of furan rings is 1. The largest absolute Gasteiger partial charge is 0.489 e. The quantitative estimate of drug-likeness (QED) is 0.603. The van der Waals surface area contributed by atoms with Gasteiger partial charge in [0, 0.05) is 12.1 Å². The van der Waals surface area contributed by atoms with Crippen LogP contribution in [0.5, 0.6) is 11.5 Å². The smallest absolute Gasteiger partial charge is 0.232 e. The second kappa shape index (κ2) is 6.76. The molecule has 3 aromatic rings. The van der Waals surface area contributed by atoms with E-state index in [9.17, 15) is 4.79 Å². The molecule has 0 bridgehead atoms. The Bertz CT molecular complexity index is 979. The molecule has 4 rings (SSSR count). The molecule has 128 valence electrons. The minimum Gasteiger partial charge on any atom is -0.489 e. The summed E-state index contributed by atoms with van der Waals surface area (Å²) in [6.45, 7) is 4.17. The highest BCUT2D eigenvalue weighted by Crippen LogP contribution is 2.35. The van der Waals surface area contributed by atoms with Gasteiger partial charge in [-0.2, -0.15) is 0 Å². The number of hydrogen-bond acceptors (Lipinski definition) is 4. The number of Topliss-reactive ketones (excluding diaryl/α,β-unsaturated/α-hetero) is 1. The highest BCUT2D eigenvalue weighted by Gasteiger charge is 2.28. The molecule has 0 fully saturated rings. The number of benzene rings is 2. The van der Waals surface area contributed by atoms with Crippen molar-refractivity contribution in [1.29, 1.82) is 0 Å². The molecular formula is C22H16O4. The lowest BCUT2D eigenvalue weighted by atomic mass is 10.1. The molecule has 1 aliphatic heterocycles. The first kappa shape index (κ1) is 16.0. The van der Waals surface area contributed by atoms with Crippen molar-refractivity contribution in [2.45, 2.75) is 6.61 Å². The first-order valence-electron chi connectivity index (χ1n) is 8.19. The maximum atomic E-state index is 12.4. The zero-order chi connectivity index (χ0) is 17.9. The Hall–Kier alpha value is -3.53. The predicted octanol–water partition coefficient (Wildman–Crippen LogP) is 5.12. The van der Waals surface area contributed by atoms with Gasteiger partial charge in [-0.1, -0.05) is 36.9 Å². The molecule has 2 heterocycles. The number of carbonyl (C=O) groups is 1. The van der Waals surface area contributed by atoms with Gasteiger partial charge in [-0.05, 0) is 35.4 Å². The summed E-state index contributed by atoms with van der Waals surface area (Å²) in [5, 5.41) is 0. The Morgan fingerprint density at radius 3 is 2.65 bits per heavy atom. The summed E-state index contributed by atoms with van der Waals surface area (Å²) >= 11 is 0. The zero-order valence-electron chi connectivity index (χ0n) is 14.0. The van der Waals surface area contributed by atoms with Gasteiger partial charge in [0.05, 0.1) is 11.8 Å². The standard InChI is InChI=1S/C22H16O4/c1-2-15-5-7-16(8-6-15)14-25-18-9-10-19-20(12-18)26-21(22(19)23)13-17-4-3-11-24-17/h2-13H,1,14H2/b21-13+. The number of carbonyl (C=O) groups excluding carboxylic acids is 1. The number of allylic oxidation sites excluding steroid dienone is 1. The number of rotatable bonds is 5. The van der Waals surface area contributed by atoms with Crippen molar-refractivity contribution in [2.75, 3.05) is 0 Å². The lowest BCUT2D eigenvalue weighted by Gasteiger charge is -2.07. The SMILES string of the molecule is C=Cc1ccc(COc2ccc3c(c2)O/C(=C/c2ccco2)C3=O)cc1. The minimum absolute atomic E-state index is 0.164. The molecule has 0 N–H and O–H groups in total. The van der Waals surface area contributed by atoms with Crippen LogP contribution in [0.15, 0.2) is 77.6 Å². The van der Waals surface area contributed by atoms with Crippen LogP contribution in [0.2, 0.25) is 0 Å². The molecule has 0 spiro atoms. The summed E-state index contributed by atoms with van der Waals surface area (Å²) in [5.74, 6) is 1.78. The van der Waals surface area contributed by atoms with Crippen LogP contribution in [-0.2, 0) is 6.61 Å². The molecule has 0 saturated heterocycles. The first-order chi connectivity index (χ1) is 12.7. The first-order valence-corrected chi connectivity index (χ1v) is 8.19. The van der Waals surface area contributed by atoms with E-state index in [1.54, 1.807) is 48.7 Å². The molecule has 4 heteroatoms. The minimum atomic E-state index is -0.164. The second-order valence-corrected chi connectivity index (χ2v) is 5.85. The summed E-state index contributed by atoms with van der Waals surface area (Å²) in [5.41, 5.74) is 2.63. The van der Waals surface area contributed by atoms with Crippen LogP contribution in [0.4, 0.5) is 0 Å². The van der Waals surface area contributed by atoms with Crippen LogP contribution >= 0.6 is 0 Å². The fraction of sp³-hybridized carbons (Fsp3) is 0.0455. The van der Waals surface area contributed by atoms with Gasteiger partial charge in [-0.3, -0.25) is 4.79 Å². The van der Waals surface area contributed by atoms with Crippen molar-refractivity contribution in [3.05, 3.63) is 95.6 Å². The van der Waals surface area contributed by atoms with Crippen LogP contribution in [-0.4, -0.2) is 5.78 Å². The summed E-state index contributed by atoms with van der Waals surface area (Å²) in [4.78, 5) is 12.4. The summed E-state index contributed by atoms with van der Waals surface area (Å²) < 4.78 is 16.7. The van der Waals surface area contributed by atoms with Crippen molar-refractivity contribution in [1.82, 2.24) is 0 Å². The van der Waals surface area contributed by atoms with E-state index in [0.29, 0.717) is 29.4 Å². The molecule has 26 heavy (non-hydrogen) atoms. The average molecular weight is 344 g/mol. The van der Waals surface area contributed by atoms with Crippen molar-refractivity contribution in [3.63, 3.8) is 0 Å². The predicted molar refractivity (Wildman–Crippen MR) is 99.0 cm³/mol. The van der Waals surface area contributed by atoms with E-state index in [2.05, 4.69) is 6.58 Å². The van der Waals surface area contributed by atoms with E-state index in [4.69, 9.17) is 13.9 Å². The van der Waals surface area contributed by atoms with E-state index in [0.717, 1.165) is 11.1 Å². The number of fused-ring (bicyclic) bond motifs is 1. The lowest BCUT2D eigenvalue weighted by Crippen LogP contribution is -1.97. The summed E-state index contributed by atoms with van der Waals surface area (Å²) in [6, 6.07) is 16.7. The zero-order valence-corrected chi connectivity index (χ0v) is 14.0. The summed E-state index contributed by atoms with van der Waals surface area (Å²) in [6.07, 6.45) is 4.93. The molecule has 0 saturated carbocycles. The van der Waals surface area contributed by atoms with Gasteiger partial charge >= 0.3 is 0 Å². The van der Waals surface area contributed by atoms with Gasteiger partial charge < -0.3 is 13.9 Å². The molecule has 0 atom stereocenters. The molecular weight excluding hydrogens is 328 g/mol. The van der Waals surface area contributed by atoms with Crippen molar-refractivity contribution in [2.24, 2.45) is 0 Å².